The van der Waals surface area contributed by atoms with Crippen molar-refractivity contribution in [2.24, 2.45) is 0 Å². The Morgan fingerprint density at radius 1 is 1.26 bits per heavy atom. The van der Waals surface area contributed by atoms with Crippen molar-refractivity contribution in [2.45, 2.75) is 19.0 Å². The molecule has 0 spiro atoms. The molecule has 1 atom stereocenters. The van der Waals surface area contributed by atoms with Gasteiger partial charge in [0.25, 0.3) is 0 Å². The van der Waals surface area contributed by atoms with Crippen LogP contribution >= 0.6 is 0 Å². The fourth-order valence-corrected chi connectivity index (χ4v) is 3.53. The van der Waals surface area contributed by atoms with E-state index in [9.17, 15) is 14.3 Å². The maximum Gasteiger partial charge on any atom is 0.325 e. The second-order valence-corrected chi connectivity index (χ2v) is 6.61. The van der Waals surface area contributed by atoms with Crippen molar-refractivity contribution >= 4 is 5.97 Å². The van der Waals surface area contributed by atoms with E-state index in [1.54, 1.807) is 6.20 Å². The molecule has 0 radical (unpaired) electrons. The van der Waals surface area contributed by atoms with Gasteiger partial charge in [-0.3, -0.25) is 19.6 Å². The SMILES string of the molecule is COc1ccc(F)cc1[C@H](C(=O)O)N1CCCN(Cc2ccccn2)CC1. The summed E-state index contributed by atoms with van der Waals surface area (Å²) in [5.74, 6) is -1.08. The molecule has 1 N–H and O–H groups in total. The topological polar surface area (TPSA) is 65.9 Å². The van der Waals surface area contributed by atoms with Crippen LogP contribution in [0.4, 0.5) is 4.39 Å². The Morgan fingerprint density at radius 3 is 2.81 bits per heavy atom. The van der Waals surface area contributed by atoms with Gasteiger partial charge in [0.2, 0.25) is 0 Å². The smallest absolute Gasteiger partial charge is 0.325 e. The van der Waals surface area contributed by atoms with Gasteiger partial charge in [-0.15, -0.1) is 0 Å². The van der Waals surface area contributed by atoms with E-state index < -0.39 is 17.8 Å². The molecule has 1 fully saturated rings. The van der Waals surface area contributed by atoms with Crippen LogP contribution in [0.25, 0.3) is 0 Å². The summed E-state index contributed by atoms with van der Waals surface area (Å²) < 4.78 is 19.1. The van der Waals surface area contributed by atoms with Crippen LogP contribution in [-0.4, -0.2) is 59.1 Å². The highest BCUT2D eigenvalue weighted by Gasteiger charge is 2.31. The molecule has 2 heterocycles. The normalized spacial score (nSPS) is 17.3. The number of ether oxygens (including phenoxy) is 1. The monoisotopic (exact) mass is 373 g/mol. The average Bonchev–Trinajstić information content (AvgIpc) is 2.88. The second-order valence-electron chi connectivity index (χ2n) is 6.61. The fraction of sp³-hybridized carbons (Fsp3) is 0.400. The zero-order chi connectivity index (χ0) is 19.2. The van der Waals surface area contributed by atoms with Gasteiger partial charge in [0.1, 0.15) is 17.6 Å². The van der Waals surface area contributed by atoms with Gasteiger partial charge >= 0.3 is 5.97 Å². The van der Waals surface area contributed by atoms with E-state index in [-0.39, 0.29) is 0 Å². The molecule has 3 rings (SSSR count). The first-order valence-electron chi connectivity index (χ1n) is 9.01. The molecule has 1 aliphatic rings. The largest absolute Gasteiger partial charge is 0.496 e. The highest BCUT2D eigenvalue weighted by molar-refractivity contribution is 5.76. The zero-order valence-electron chi connectivity index (χ0n) is 15.3. The quantitative estimate of drug-likeness (QED) is 0.840. The van der Waals surface area contributed by atoms with Gasteiger partial charge in [-0.2, -0.15) is 0 Å². The first-order chi connectivity index (χ1) is 13.1. The maximum atomic E-state index is 13.8. The van der Waals surface area contributed by atoms with Crippen LogP contribution in [0.3, 0.4) is 0 Å². The molecule has 0 aliphatic carbocycles. The number of carbonyl (C=O) groups is 1. The second kappa shape index (κ2) is 8.92. The highest BCUT2D eigenvalue weighted by atomic mass is 19.1. The van der Waals surface area contributed by atoms with Gasteiger partial charge in [0, 0.05) is 37.9 Å². The number of halogens is 1. The van der Waals surface area contributed by atoms with Gasteiger partial charge in [0.05, 0.1) is 12.8 Å². The number of carboxylic acid groups (broad SMARTS) is 1. The van der Waals surface area contributed by atoms with Crippen LogP contribution in [-0.2, 0) is 11.3 Å². The Morgan fingerprint density at radius 2 is 2.11 bits per heavy atom. The third-order valence-electron chi connectivity index (χ3n) is 4.82. The van der Waals surface area contributed by atoms with Gasteiger partial charge in [0.15, 0.2) is 0 Å². The molecule has 1 aliphatic heterocycles. The Bertz CT molecular complexity index is 772. The van der Waals surface area contributed by atoms with Crippen molar-refractivity contribution in [3.05, 3.63) is 59.7 Å². The number of hydrogen-bond acceptors (Lipinski definition) is 5. The number of aromatic nitrogens is 1. The van der Waals surface area contributed by atoms with E-state index in [0.29, 0.717) is 24.4 Å². The number of pyridine rings is 1. The molecular weight excluding hydrogens is 349 g/mol. The minimum absolute atomic E-state index is 0.350. The Hall–Kier alpha value is -2.51. The molecule has 7 heteroatoms. The first kappa shape index (κ1) is 19.3. The minimum Gasteiger partial charge on any atom is -0.496 e. The lowest BCUT2D eigenvalue weighted by Gasteiger charge is -2.29. The minimum atomic E-state index is -1.00. The van der Waals surface area contributed by atoms with Crippen LogP contribution < -0.4 is 4.74 Å². The predicted molar refractivity (Wildman–Crippen MR) is 99.0 cm³/mol. The predicted octanol–water partition coefficient (Wildman–Crippen LogP) is 2.56. The van der Waals surface area contributed by atoms with Crippen molar-refractivity contribution < 1.29 is 19.0 Å². The lowest BCUT2D eigenvalue weighted by atomic mass is 10.0. The molecule has 1 aromatic carbocycles. The van der Waals surface area contributed by atoms with Crippen molar-refractivity contribution in [3.63, 3.8) is 0 Å². The molecule has 1 saturated heterocycles. The molecule has 27 heavy (non-hydrogen) atoms. The third kappa shape index (κ3) is 4.81. The lowest BCUT2D eigenvalue weighted by Crippen LogP contribution is -2.37. The van der Waals surface area contributed by atoms with Gasteiger partial charge < -0.3 is 9.84 Å². The molecule has 0 bridgehead atoms. The Kier molecular flexibility index (Phi) is 6.36. The summed E-state index contributed by atoms with van der Waals surface area (Å²) in [7, 11) is 1.46. The number of aliphatic carboxylic acids is 1. The van der Waals surface area contributed by atoms with Gasteiger partial charge in [-0.25, -0.2) is 4.39 Å². The third-order valence-corrected chi connectivity index (χ3v) is 4.82. The molecule has 6 nitrogen and oxygen atoms in total. The fourth-order valence-electron chi connectivity index (χ4n) is 3.53. The summed E-state index contributed by atoms with van der Waals surface area (Å²) in [5, 5.41) is 9.84. The van der Waals surface area contributed by atoms with Crippen molar-refractivity contribution in [1.82, 2.24) is 14.8 Å². The van der Waals surface area contributed by atoms with Crippen LogP contribution in [0.1, 0.15) is 23.7 Å². The lowest BCUT2D eigenvalue weighted by molar-refractivity contribution is -0.143. The van der Waals surface area contributed by atoms with E-state index in [2.05, 4.69) is 9.88 Å². The zero-order valence-corrected chi connectivity index (χ0v) is 15.3. The number of benzene rings is 1. The maximum absolute atomic E-state index is 13.8. The first-order valence-corrected chi connectivity index (χ1v) is 9.01. The molecule has 2 aromatic rings. The Labute approximate surface area is 158 Å². The van der Waals surface area contributed by atoms with Crippen molar-refractivity contribution in [2.75, 3.05) is 33.3 Å². The van der Waals surface area contributed by atoms with E-state index in [1.807, 2.05) is 23.1 Å². The van der Waals surface area contributed by atoms with Crippen molar-refractivity contribution in [1.29, 1.82) is 0 Å². The van der Waals surface area contributed by atoms with Crippen LogP contribution in [0.2, 0.25) is 0 Å². The number of hydrogen-bond donors (Lipinski definition) is 1. The number of rotatable bonds is 6. The van der Waals surface area contributed by atoms with Gasteiger partial charge in [-0.1, -0.05) is 6.07 Å². The number of methoxy groups -OCH3 is 1. The molecule has 0 unspecified atom stereocenters. The van der Waals surface area contributed by atoms with E-state index >= 15 is 0 Å². The number of nitrogens with zero attached hydrogens (tertiary/aromatic N) is 3. The average molecular weight is 373 g/mol. The number of carboxylic acids is 1. The highest BCUT2D eigenvalue weighted by Crippen LogP contribution is 2.31. The standard InChI is InChI=1S/C20H24FN3O3/c1-27-18-7-6-15(21)13-17(18)19(20(25)26)24-10-4-9-23(11-12-24)14-16-5-2-3-8-22-16/h2-3,5-8,13,19H,4,9-12,14H2,1H3,(H,25,26)/t19-/m1/s1. The van der Waals surface area contributed by atoms with Gasteiger partial charge in [-0.05, 0) is 43.3 Å². The Balaban J connectivity index is 1.76. The summed E-state index contributed by atoms with van der Waals surface area (Å²) in [5.41, 5.74) is 1.34. The summed E-state index contributed by atoms with van der Waals surface area (Å²) in [6.07, 6.45) is 2.60. The molecule has 1 aromatic heterocycles. The van der Waals surface area contributed by atoms with E-state index in [4.69, 9.17) is 4.74 Å². The summed E-state index contributed by atoms with van der Waals surface area (Å²) in [6, 6.07) is 8.91. The van der Waals surface area contributed by atoms with Crippen LogP contribution in [0, 0.1) is 5.82 Å². The molecule has 0 amide bonds. The summed E-state index contributed by atoms with van der Waals surface area (Å²) in [4.78, 5) is 20.5. The van der Waals surface area contributed by atoms with E-state index in [1.165, 1.54) is 25.3 Å². The summed E-state index contributed by atoms with van der Waals surface area (Å²) in [6.45, 7) is 3.51. The molecule has 144 valence electrons. The van der Waals surface area contributed by atoms with E-state index in [0.717, 1.165) is 31.7 Å². The molecular formula is C20H24FN3O3. The van der Waals surface area contributed by atoms with Crippen LogP contribution in [0.15, 0.2) is 42.6 Å². The van der Waals surface area contributed by atoms with Crippen molar-refractivity contribution in [3.8, 4) is 5.75 Å². The molecule has 0 saturated carbocycles. The summed E-state index contributed by atoms with van der Waals surface area (Å²) >= 11 is 0. The van der Waals surface area contributed by atoms with Crippen LogP contribution in [0.5, 0.6) is 5.75 Å².